The lowest BCUT2D eigenvalue weighted by Gasteiger charge is -2.07. The van der Waals surface area contributed by atoms with E-state index in [0.29, 0.717) is 0 Å². The maximum Gasteiger partial charge on any atom is 0.160 e. The molecule has 1 aromatic heterocycles. The smallest absolute Gasteiger partial charge is 0.160 e. The molecule has 0 saturated heterocycles. The molecule has 1 aromatic rings. The van der Waals surface area contributed by atoms with Crippen LogP contribution in [0.3, 0.4) is 0 Å². The molecular weight excluding hydrogens is 284 g/mol. The van der Waals surface area contributed by atoms with Crippen LogP contribution in [0, 0.1) is 0 Å². The van der Waals surface area contributed by atoms with Crippen LogP contribution < -0.4 is 0 Å². The average molecular weight is 313 g/mol. The lowest BCUT2D eigenvalue weighted by atomic mass is 10.0. The molecule has 0 spiro atoms. The fourth-order valence-electron chi connectivity index (χ4n) is 2.25. The van der Waals surface area contributed by atoms with Gasteiger partial charge < -0.3 is 0 Å². The number of unbranched alkanes of at least 4 members (excludes halogenated alkanes) is 3. The normalized spacial score (nSPS) is 10.9. The van der Waals surface area contributed by atoms with Crippen LogP contribution in [0.15, 0.2) is 4.21 Å². The molecule has 0 aromatic carbocycles. The first-order chi connectivity index (χ1) is 9.78. The number of aldehydes is 1. The van der Waals surface area contributed by atoms with Crippen molar-refractivity contribution in [2.45, 2.75) is 76.3 Å². The highest BCUT2D eigenvalue weighted by Crippen LogP contribution is 2.37. The van der Waals surface area contributed by atoms with Crippen molar-refractivity contribution in [3.05, 3.63) is 16.0 Å². The number of hydrogen-bond donors (Lipinski definition) is 0. The summed E-state index contributed by atoms with van der Waals surface area (Å²) < 4.78 is 1.42. The first-order valence-electron chi connectivity index (χ1n) is 8.00. The van der Waals surface area contributed by atoms with Gasteiger partial charge in [0.25, 0.3) is 0 Å². The summed E-state index contributed by atoms with van der Waals surface area (Å²) in [4.78, 5) is 12.4. The predicted molar refractivity (Wildman–Crippen MR) is 92.6 cm³/mol. The van der Waals surface area contributed by atoms with Gasteiger partial charge >= 0.3 is 0 Å². The summed E-state index contributed by atoms with van der Waals surface area (Å²) in [6.07, 6.45) is 10.6. The van der Waals surface area contributed by atoms with Gasteiger partial charge in [0, 0.05) is 0 Å². The molecule has 0 aliphatic heterocycles. The zero-order valence-corrected chi connectivity index (χ0v) is 14.8. The van der Waals surface area contributed by atoms with Gasteiger partial charge in [-0.05, 0) is 49.0 Å². The molecule has 0 bridgehead atoms. The van der Waals surface area contributed by atoms with Crippen LogP contribution in [-0.2, 0) is 12.8 Å². The minimum atomic E-state index is 0.989. The Hall–Kier alpha value is -0.280. The molecule has 0 radical (unpaired) electrons. The monoisotopic (exact) mass is 312 g/mol. The van der Waals surface area contributed by atoms with Crippen LogP contribution in [0.1, 0.15) is 80.1 Å². The van der Waals surface area contributed by atoms with E-state index in [1.165, 1.54) is 59.6 Å². The molecule has 0 unspecified atom stereocenters. The van der Waals surface area contributed by atoms with E-state index in [0.717, 1.165) is 24.0 Å². The number of carbonyl (C=O) groups is 1. The lowest BCUT2D eigenvalue weighted by Crippen LogP contribution is -1.95. The van der Waals surface area contributed by atoms with Gasteiger partial charge in [0.1, 0.15) is 0 Å². The molecule has 0 N–H and O–H groups in total. The molecule has 1 rings (SSSR count). The molecule has 20 heavy (non-hydrogen) atoms. The van der Waals surface area contributed by atoms with Gasteiger partial charge in [0.15, 0.2) is 6.29 Å². The average Bonchev–Trinajstić information content (AvgIpc) is 2.80. The third-order valence-electron chi connectivity index (χ3n) is 3.51. The highest BCUT2D eigenvalue weighted by atomic mass is 32.2. The Morgan fingerprint density at radius 3 is 2.10 bits per heavy atom. The Morgan fingerprint density at radius 2 is 1.55 bits per heavy atom. The number of rotatable bonds is 11. The largest absolute Gasteiger partial charge is 0.297 e. The summed E-state index contributed by atoms with van der Waals surface area (Å²) in [6.45, 7) is 6.69. The molecule has 0 amide bonds. The first-order valence-corrected chi connectivity index (χ1v) is 9.81. The van der Waals surface area contributed by atoms with Gasteiger partial charge in [-0.2, -0.15) is 0 Å². The summed E-state index contributed by atoms with van der Waals surface area (Å²) in [5.74, 6) is 1.18. The van der Waals surface area contributed by atoms with Crippen LogP contribution in [0.2, 0.25) is 0 Å². The van der Waals surface area contributed by atoms with Crippen molar-refractivity contribution in [2.75, 3.05) is 5.75 Å². The second-order valence-electron chi connectivity index (χ2n) is 5.24. The topological polar surface area (TPSA) is 17.1 Å². The van der Waals surface area contributed by atoms with E-state index in [2.05, 4.69) is 20.8 Å². The van der Waals surface area contributed by atoms with Crippen molar-refractivity contribution in [3.63, 3.8) is 0 Å². The molecule has 0 aliphatic carbocycles. The van der Waals surface area contributed by atoms with Crippen molar-refractivity contribution >= 4 is 29.4 Å². The molecule has 0 saturated carbocycles. The van der Waals surface area contributed by atoms with E-state index in [4.69, 9.17) is 0 Å². The molecule has 114 valence electrons. The van der Waals surface area contributed by atoms with Crippen LogP contribution >= 0.6 is 23.1 Å². The van der Waals surface area contributed by atoms with Gasteiger partial charge in [-0.25, -0.2) is 0 Å². The zero-order valence-electron chi connectivity index (χ0n) is 13.2. The number of thiophene rings is 1. The third-order valence-corrected chi connectivity index (χ3v) is 6.11. The Bertz CT molecular complexity index is 396. The van der Waals surface area contributed by atoms with E-state index in [-0.39, 0.29) is 0 Å². The summed E-state index contributed by atoms with van der Waals surface area (Å²) in [6, 6.07) is 0. The fourth-order valence-corrected chi connectivity index (χ4v) is 4.97. The molecule has 3 heteroatoms. The van der Waals surface area contributed by atoms with Crippen LogP contribution in [-0.4, -0.2) is 12.0 Å². The Balaban J connectivity index is 2.93. The van der Waals surface area contributed by atoms with Crippen molar-refractivity contribution < 1.29 is 4.79 Å². The lowest BCUT2D eigenvalue weighted by molar-refractivity contribution is 0.112. The second kappa shape index (κ2) is 10.4. The van der Waals surface area contributed by atoms with E-state index in [1.807, 2.05) is 11.8 Å². The number of hydrogen-bond acceptors (Lipinski definition) is 3. The molecule has 0 aliphatic rings. The van der Waals surface area contributed by atoms with Crippen LogP contribution in [0.4, 0.5) is 0 Å². The van der Waals surface area contributed by atoms with Gasteiger partial charge in [0.05, 0.1) is 9.09 Å². The number of thioether (sulfide) groups is 1. The van der Waals surface area contributed by atoms with E-state index in [9.17, 15) is 4.79 Å². The third kappa shape index (κ3) is 5.25. The zero-order chi connectivity index (χ0) is 14.8. The van der Waals surface area contributed by atoms with Gasteiger partial charge in [-0.1, -0.05) is 40.0 Å². The Kier molecular flexibility index (Phi) is 9.28. The van der Waals surface area contributed by atoms with E-state index < -0.39 is 0 Å². The maximum atomic E-state index is 11.4. The highest BCUT2D eigenvalue weighted by Gasteiger charge is 2.17. The van der Waals surface area contributed by atoms with Crippen LogP contribution in [0.5, 0.6) is 0 Å². The minimum absolute atomic E-state index is 0.989. The van der Waals surface area contributed by atoms with Crippen molar-refractivity contribution in [1.82, 2.24) is 0 Å². The SMILES string of the molecule is CCCCSc1sc(C=O)c(CCCC)c1CCCC. The van der Waals surface area contributed by atoms with Gasteiger partial charge in [0.2, 0.25) is 0 Å². The standard InChI is InChI=1S/C17H28OS2/c1-4-7-10-14-15(11-8-5-2)17(19-12-9-6-3)20-16(14)13-18/h13H,4-12H2,1-3H3. The van der Waals surface area contributed by atoms with Crippen molar-refractivity contribution in [2.24, 2.45) is 0 Å². The molecule has 0 fully saturated rings. The number of carbonyl (C=O) groups excluding carboxylic acids is 1. The second-order valence-corrected chi connectivity index (χ2v) is 7.65. The Morgan fingerprint density at radius 1 is 0.950 bits per heavy atom. The van der Waals surface area contributed by atoms with Crippen molar-refractivity contribution in [3.8, 4) is 0 Å². The molecule has 1 heterocycles. The van der Waals surface area contributed by atoms with Crippen molar-refractivity contribution in [1.29, 1.82) is 0 Å². The maximum absolute atomic E-state index is 11.4. The summed E-state index contributed by atoms with van der Waals surface area (Å²) in [5.41, 5.74) is 2.85. The highest BCUT2D eigenvalue weighted by molar-refractivity contribution is 8.01. The summed E-state index contributed by atoms with van der Waals surface area (Å²) >= 11 is 3.70. The van der Waals surface area contributed by atoms with Gasteiger partial charge in [-0.15, -0.1) is 23.1 Å². The van der Waals surface area contributed by atoms with Crippen LogP contribution in [0.25, 0.3) is 0 Å². The van der Waals surface area contributed by atoms with E-state index in [1.54, 1.807) is 11.3 Å². The summed E-state index contributed by atoms with van der Waals surface area (Å²) in [5, 5.41) is 0. The molecule has 0 atom stereocenters. The fraction of sp³-hybridized carbons (Fsp3) is 0.706. The quantitative estimate of drug-likeness (QED) is 0.277. The molecular formula is C17H28OS2. The Labute approximate surface area is 132 Å². The summed E-state index contributed by atoms with van der Waals surface area (Å²) in [7, 11) is 0. The van der Waals surface area contributed by atoms with E-state index >= 15 is 0 Å². The first kappa shape index (κ1) is 17.8. The predicted octanol–water partition coefficient (Wildman–Crippen LogP) is 6.14. The minimum Gasteiger partial charge on any atom is -0.297 e. The molecule has 1 nitrogen and oxygen atoms in total. The van der Waals surface area contributed by atoms with Gasteiger partial charge in [-0.3, -0.25) is 4.79 Å².